The van der Waals surface area contributed by atoms with Crippen LogP contribution in [0.2, 0.25) is 0 Å². The molecule has 1 N–H and O–H groups in total. The fourth-order valence-corrected chi connectivity index (χ4v) is 5.72. The van der Waals surface area contributed by atoms with Crippen molar-refractivity contribution in [2.75, 3.05) is 7.05 Å². The van der Waals surface area contributed by atoms with Crippen LogP contribution in [-0.4, -0.2) is 49.8 Å². The molecule has 1 aromatic carbocycles. The third-order valence-electron chi connectivity index (χ3n) is 6.19. The Labute approximate surface area is 179 Å². The normalized spacial score (nSPS) is 19.6. The maximum Gasteiger partial charge on any atom is 0.338 e. The van der Waals surface area contributed by atoms with Crippen molar-refractivity contribution in [2.45, 2.75) is 87.8 Å². The molecule has 1 atom stereocenters. The van der Waals surface area contributed by atoms with Crippen molar-refractivity contribution in [1.29, 1.82) is 0 Å². The lowest BCUT2D eigenvalue weighted by molar-refractivity contribution is -0.129. The zero-order chi connectivity index (χ0) is 21.7. The highest BCUT2D eigenvalue weighted by Crippen LogP contribution is 2.27. The largest absolute Gasteiger partial charge is 0.449 e. The summed E-state index contributed by atoms with van der Waals surface area (Å²) in [5, 5.41) is 2.90. The van der Waals surface area contributed by atoms with Gasteiger partial charge in [-0.05, 0) is 50.8 Å². The van der Waals surface area contributed by atoms with E-state index in [0.717, 1.165) is 57.8 Å². The Kier molecular flexibility index (Phi) is 7.52. The molecule has 0 aliphatic heterocycles. The molecule has 2 saturated carbocycles. The van der Waals surface area contributed by atoms with Crippen LogP contribution in [0.5, 0.6) is 0 Å². The van der Waals surface area contributed by atoms with Crippen molar-refractivity contribution < 1.29 is 22.7 Å². The number of carbonyl (C=O) groups is 2. The molecule has 0 radical (unpaired) electrons. The predicted octanol–water partition coefficient (Wildman–Crippen LogP) is 3.24. The van der Waals surface area contributed by atoms with E-state index in [0.29, 0.717) is 0 Å². The van der Waals surface area contributed by atoms with Gasteiger partial charge in [-0.2, -0.15) is 4.31 Å². The molecule has 7 nitrogen and oxygen atoms in total. The summed E-state index contributed by atoms with van der Waals surface area (Å²) < 4.78 is 32.8. The Balaban J connectivity index is 1.66. The summed E-state index contributed by atoms with van der Waals surface area (Å²) in [4.78, 5) is 24.9. The molecule has 2 aliphatic rings. The van der Waals surface area contributed by atoms with Crippen LogP contribution < -0.4 is 5.32 Å². The molecule has 8 heteroatoms. The van der Waals surface area contributed by atoms with Gasteiger partial charge in [-0.15, -0.1) is 0 Å². The highest BCUT2D eigenvalue weighted by Gasteiger charge is 2.30. The van der Waals surface area contributed by atoms with Gasteiger partial charge < -0.3 is 10.1 Å². The molecule has 0 spiro atoms. The summed E-state index contributed by atoms with van der Waals surface area (Å²) in [6.07, 6.45) is 8.03. The van der Waals surface area contributed by atoms with Gasteiger partial charge in [0.15, 0.2) is 6.10 Å². The fraction of sp³-hybridized carbons (Fsp3) is 0.636. The number of benzene rings is 1. The van der Waals surface area contributed by atoms with Crippen molar-refractivity contribution in [3.8, 4) is 0 Å². The second-order valence-corrected chi connectivity index (χ2v) is 10.4. The van der Waals surface area contributed by atoms with Crippen LogP contribution in [0.15, 0.2) is 29.2 Å². The number of hydrogen-bond donors (Lipinski definition) is 1. The number of rotatable bonds is 7. The zero-order valence-corrected chi connectivity index (χ0v) is 18.6. The van der Waals surface area contributed by atoms with Crippen molar-refractivity contribution in [3.63, 3.8) is 0 Å². The Bertz CT molecular complexity index is 858. The Hall–Kier alpha value is -1.93. The third-order valence-corrected chi connectivity index (χ3v) is 8.10. The lowest BCUT2D eigenvalue weighted by Gasteiger charge is -2.30. The number of hydrogen-bond acceptors (Lipinski definition) is 5. The number of carbonyl (C=O) groups excluding carboxylic acids is 2. The molecule has 0 unspecified atom stereocenters. The first kappa shape index (κ1) is 22.7. The Morgan fingerprint density at radius 3 is 2.37 bits per heavy atom. The first-order chi connectivity index (χ1) is 14.3. The van der Waals surface area contributed by atoms with Crippen LogP contribution in [0, 0.1) is 0 Å². The standard InChI is InChI=1S/C22H32N2O5S/c1-16(21(25)23-18-10-6-7-11-18)29-22(26)17-9-8-14-20(15-17)30(27,28)24(2)19-12-4-3-5-13-19/h8-9,14-16,18-19H,3-7,10-13H2,1-2H3,(H,23,25)/t16-/m0/s1. The van der Waals surface area contributed by atoms with Crippen LogP contribution in [0.3, 0.4) is 0 Å². The van der Waals surface area contributed by atoms with Gasteiger partial charge in [-0.1, -0.05) is 38.2 Å². The number of nitrogens with one attached hydrogen (secondary N) is 1. The van der Waals surface area contributed by atoms with E-state index in [1.165, 1.54) is 35.5 Å². The molecule has 166 valence electrons. The van der Waals surface area contributed by atoms with Crippen LogP contribution in [-0.2, 0) is 19.6 Å². The van der Waals surface area contributed by atoms with Crippen molar-refractivity contribution in [3.05, 3.63) is 29.8 Å². The second kappa shape index (κ2) is 9.92. The van der Waals surface area contributed by atoms with Crippen LogP contribution in [0.1, 0.15) is 75.1 Å². The quantitative estimate of drug-likeness (QED) is 0.663. The van der Waals surface area contributed by atoms with Crippen molar-refractivity contribution in [1.82, 2.24) is 9.62 Å². The molecular formula is C22H32N2O5S. The Morgan fingerprint density at radius 2 is 1.70 bits per heavy atom. The molecule has 30 heavy (non-hydrogen) atoms. The summed E-state index contributed by atoms with van der Waals surface area (Å²) in [7, 11) is -2.11. The highest BCUT2D eigenvalue weighted by molar-refractivity contribution is 7.89. The minimum Gasteiger partial charge on any atom is -0.449 e. The number of amides is 1. The van der Waals surface area contributed by atoms with Gasteiger partial charge >= 0.3 is 5.97 Å². The second-order valence-electron chi connectivity index (χ2n) is 8.38. The fourth-order valence-electron chi connectivity index (χ4n) is 4.26. The molecule has 2 fully saturated rings. The molecule has 0 saturated heterocycles. The maximum absolute atomic E-state index is 13.0. The molecule has 1 aromatic rings. The minimum atomic E-state index is -3.71. The molecule has 2 aliphatic carbocycles. The molecule has 1 amide bonds. The number of ether oxygens (including phenoxy) is 1. The summed E-state index contributed by atoms with van der Waals surface area (Å²) in [5.74, 6) is -1.03. The van der Waals surface area contributed by atoms with E-state index in [9.17, 15) is 18.0 Å². The average molecular weight is 437 g/mol. The maximum atomic E-state index is 13.0. The smallest absolute Gasteiger partial charge is 0.338 e. The number of esters is 1. The first-order valence-electron chi connectivity index (χ1n) is 10.9. The first-order valence-corrected chi connectivity index (χ1v) is 12.3. The van der Waals surface area contributed by atoms with Crippen LogP contribution in [0.4, 0.5) is 0 Å². The van der Waals surface area contributed by atoms with E-state index < -0.39 is 22.1 Å². The van der Waals surface area contributed by atoms with Crippen molar-refractivity contribution in [2.24, 2.45) is 0 Å². The van der Waals surface area contributed by atoms with E-state index in [1.807, 2.05) is 0 Å². The minimum absolute atomic E-state index is 0.0151. The average Bonchev–Trinajstić information content (AvgIpc) is 3.26. The van der Waals surface area contributed by atoms with Crippen molar-refractivity contribution >= 4 is 21.9 Å². The van der Waals surface area contributed by atoms with Gasteiger partial charge in [0.1, 0.15) is 0 Å². The van der Waals surface area contributed by atoms with Gasteiger partial charge in [0.2, 0.25) is 10.0 Å². The Morgan fingerprint density at radius 1 is 1.07 bits per heavy atom. The molecule has 3 rings (SSSR count). The topological polar surface area (TPSA) is 92.8 Å². The number of nitrogens with zero attached hydrogens (tertiary/aromatic N) is 1. The summed E-state index contributed by atoms with van der Waals surface area (Å²) in [6.45, 7) is 1.53. The summed E-state index contributed by atoms with van der Waals surface area (Å²) >= 11 is 0. The summed E-state index contributed by atoms with van der Waals surface area (Å²) in [6, 6.07) is 5.98. The highest BCUT2D eigenvalue weighted by atomic mass is 32.2. The molecule has 0 bridgehead atoms. The lowest BCUT2D eigenvalue weighted by atomic mass is 9.96. The monoisotopic (exact) mass is 436 g/mol. The van der Waals surface area contributed by atoms with E-state index in [1.54, 1.807) is 7.05 Å². The summed E-state index contributed by atoms with van der Waals surface area (Å²) in [5.41, 5.74) is 0.119. The molecule has 0 aromatic heterocycles. The lowest BCUT2D eigenvalue weighted by Crippen LogP contribution is -2.40. The predicted molar refractivity (Wildman–Crippen MR) is 114 cm³/mol. The van der Waals surface area contributed by atoms with Gasteiger partial charge in [-0.3, -0.25) is 4.79 Å². The number of sulfonamides is 1. The van der Waals surface area contributed by atoms with Gasteiger partial charge in [0, 0.05) is 19.1 Å². The van der Waals surface area contributed by atoms with E-state index in [4.69, 9.17) is 4.74 Å². The SMILES string of the molecule is C[C@H](OC(=O)c1cccc(S(=O)(=O)N(C)C2CCCCC2)c1)C(=O)NC1CCCC1. The third kappa shape index (κ3) is 5.40. The van der Waals surface area contributed by atoms with Gasteiger partial charge in [0.05, 0.1) is 10.5 Å². The zero-order valence-electron chi connectivity index (χ0n) is 17.8. The van der Waals surface area contributed by atoms with Crippen LogP contribution in [0.25, 0.3) is 0 Å². The van der Waals surface area contributed by atoms with Gasteiger partial charge in [0.25, 0.3) is 5.91 Å². The van der Waals surface area contributed by atoms with E-state index in [2.05, 4.69) is 5.32 Å². The van der Waals surface area contributed by atoms with E-state index >= 15 is 0 Å². The molecular weight excluding hydrogens is 404 g/mol. The van der Waals surface area contributed by atoms with Gasteiger partial charge in [-0.25, -0.2) is 13.2 Å². The van der Waals surface area contributed by atoms with Crippen LogP contribution >= 0.6 is 0 Å². The molecule has 0 heterocycles. The van der Waals surface area contributed by atoms with E-state index in [-0.39, 0.29) is 28.4 Å².